The zero-order valence-electron chi connectivity index (χ0n) is 10.5. The van der Waals surface area contributed by atoms with E-state index in [1.165, 1.54) is 0 Å². The van der Waals surface area contributed by atoms with Crippen LogP contribution in [0.1, 0.15) is 31.1 Å². The summed E-state index contributed by atoms with van der Waals surface area (Å²) in [7, 11) is 0. The molecule has 0 fully saturated rings. The van der Waals surface area contributed by atoms with Gasteiger partial charge in [0.05, 0.1) is 15.0 Å². The van der Waals surface area contributed by atoms with Gasteiger partial charge in [-0.2, -0.15) is 0 Å². The summed E-state index contributed by atoms with van der Waals surface area (Å²) in [5.74, 6) is 0.587. The van der Waals surface area contributed by atoms with E-state index in [1.54, 1.807) is 12.1 Å². The molecule has 1 atom stereocenters. The van der Waals surface area contributed by atoms with E-state index in [0.29, 0.717) is 20.3 Å². The maximum absolute atomic E-state index is 10.7. The van der Waals surface area contributed by atoms with Crippen molar-refractivity contribution in [2.24, 2.45) is 5.41 Å². The molecule has 1 aromatic carbocycles. The zero-order chi connectivity index (χ0) is 13.9. The summed E-state index contributed by atoms with van der Waals surface area (Å²) in [5.41, 5.74) is 0.319. The minimum absolute atomic E-state index is 0.196. The molecular formula is C13H16Br2O3. The van der Waals surface area contributed by atoms with E-state index in [1.807, 2.05) is 20.8 Å². The van der Waals surface area contributed by atoms with E-state index in [2.05, 4.69) is 31.9 Å². The van der Waals surface area contributed by atoms with Crippen LogP contribution in [0.2, 0.25) is 0 Å². The highest BCUT2D eigenvalue weighted by Crippen LogP contribution is 2.35. The van der Waals surface area contributed by atoms with Gasteiger partial charge >= 0.3 is 0 Å². The SMILES string of the molecule is CC(C)(C)C(O)COc1c(Br)cc(C=O)cc1Br. The molecule has 1 aromatic rings. The summed E-state index contributed by atoms with van der Waals surface area (Å²) in [6, 6.07) is 3.35. The highest BCUT2D eigenvalue weighted by atomic mass is 79.9. The molecule has 100 valence electrons. The Morgan fingerprint density at radius 3 is 2.22 bits per heavy atom. The van der Waals surface area contributed by atoms with Crippen molar-refractivity contribution in [2.75, 3.05) is 6.61 Å². The fourth-order valence-electron chi connectivity index (χ4n) is 1.20. The number of carbonyl (C=O) groups is 1. The van der Waals surface area contributed by atoms with E-state index in [-0.39, 0.29) is 12.0 Å². The quantitative estimate of drug-likeness (QED) is 0.809. The fourth-order valence-corrected chi connectivity index (χ4v) is 2.65. The van der Waals surface area contributed by atoms with Gasteiger partial charge in [0.15, 0.2) is 0 Å². The van der Waals surface area contributed by atoms with Crippen molar-refractivity contribution in [3.05, 3.63) is 26.6 Å². The van der Waals surface area contributed by atoms with Crippen molar-refractivity contribution in [3.8, 4) is 5.75 Å². The standard InChI is InChI=1S/C13H16Br2O3/c1-13(2,3)11(17)7-18-12-9(14)4-8(6-16)5-10(12)15/h4-6,11,17H,7H2,1-3H3. The molecule has 0 saturated heterocycles. The van der Waals surface area contributed by atoms with Gasteiger partial charge in [-0.05, 0) is 49.4 Å². The van der Waals surface area contributed by atoms with Crippen LogP contribution in [0.3, 0.4) is 0 Å². The maximum Gasteiger partial charge on any atom is 0.150 e. The molecule has 0 aromatic heterocycles. The summed E-state index contributed by atoms with van der Waals surface area (Å²) in [6.07, 6.45) is 0.200. The van der Waals surface area contributed by atoms with Crippen molar-refractivity contribution in [2.45, 2.75) is 26.9 Å². The first-order chi connectivity index (χ1) is 8.25. The first kappa shape index (κ1) is 15.7. The van der Waals surface area contributed by atoms with Gasteiger partial charge in [-0.25, -0.2) is 0 Å². The molecule has 0 bridgehead atoms. The maximum atomic E-state index is 10.7. The van der Waals surface area contributed by atoms with Crippen LogP contribution >= 0.6 is 31.9 Å². The van der Waals surface area contributed by atoms with E-state index < -0.39 is 6.10 Å². The van der Waals surface area contributed by atoms with Crippen LogP contribution in [-0.4, -0.2) is 24.1 Å². The van der Waals surface area contributed by atoms with Gasteiger partial charge in [-0.1, -0.05) is 20.8 Å². The Morgan fingerprint density at radius 1 is 1.33 bits per heavy atom. The Hall–Kier alpha value is -0.390. The number of aliphatic hydroxyl groups excluding tert-OH is 1. The number of hydrogen-bond donors (Lipinski definition) is 1. The normalized spacial score (nSPS) is 13.2. The summed E-state index contributed by atoms with van der Waals surface area (Å²) in [6.45, 7) is 6.03. The van der Waals surface area contributed by atoms with Gasteiger partial charge in [0.1, 0.15) is 18.6 Å². The Bertz CT molecular complexity index is 415. The molecule has 0 aliphatic rings. The number of ether oxygens (including phenoxy) is 1. The summed E-state index contributed by atoms with van der Waals surface area (Å²) < 4.78 is 6.96. The second-order valence-electron chi connectivity index (χ2n) is 5.12. The third-order valence-corrected chi connectivity index (χ3v) is 3.72. The van der Waals surface area contributed by atoms with Gasteiger partial charge in [-0.3, -0.25) is 4.79 Å². The molecule has 0 aliphatic heterocycles. The van der Waals surface area contributed by atoms with Gasteiger partial charge in [0.2, 0.25) is 0 Å². The van der Waals surface area contributed by atoms with E-state index >= 15 is 0 Å². The van der Waals surface area contributed by atoms with Crippen molar-refractivity contribution >= 4 is 38.1 Å². The van der Waals surface area contributed by atoms with Gasteiger partial charge in [0.25, 0.3) is 0 Å². The summed E-state index contributed by atoms with van der Waals surface area (Å²) in [4.78, 5) is 10.7. The number of halogens is 2. The third-order valence-electron chi connectivity index (χ3n) is 2.54. The molecule has 0 radical (unpaired) electrons. The van der Waals surface area contributed by atoms with Crippen LogP contribution in [0.25, 0.3) is 0 Å². The Labute approximate surface area is 124 Å². The van der Waals surface area contributed by atoms with Crippen molar-refractivity contribution in [1.82, 2.24) is 0 Å². The van der Waals surface area contributed by atoms with Crippen molar-refractivity contribution < 1.29 is 14.6 Å². The van der Waals surface area contributed by atoms with Crippen LogP contribution in [-0.2, 0) is 0 Å². The smallest absolute Gasteiger partial charge is 0.150 e. The lowest BCUT2D eigenvalue weighted by Gasteiger charge is -2.26. The van der Waals surface area contributed by atoms with Crippen LogP contribution in [0.4, 0.5) is 0 Å². The minimum Gasteiger partial charge on any atom is -0.488 e. The molecule has 5 heteroatoms. The number of aldehydes is 1. The number of rotatable bonds is 4. The third kappa shape index (κ3) is 4.07. The van der Waals surface area contributed by atoms with Gasteiger partial charge in [-0.15, -0.1) is 0 Å². The van der Waals surface area contributed by atoms with Crippen LogP contribution in [0.5, 0.6) is 5.75 Å². The Balaban J connectivity index is 2.83. The molecule has 1 rings (SSSR count). The number of carbonyl (C=O) groups excluding carboxylic acids is 1. The summed E-state index contributed by atoms with van der Waals surface area (Å²) in [5, 5.41) is 9.92. The predicted molar refractivity (Wildman–Crippen MR) is 78.2 cm³/mol. The second kappa shape index (κ2) is 6.17. The van der Waals surface area contributed by atoms with Crippen molar-refractivity contribution in [1.29, 1.82) is 0 Å². The molecule has 18 heavy (non-hydrogen) atoms. The molecule has 0 aliphatic carbocycles. The molecule has 0 heterocycles. The molecule has 1 unspecified atom stereocenters. The zero-order valence-corrected chi connectivity index (χ0v) is 13.7. The highest BCUT2D eigenvalue weighted by molar-refractivity contribution is 9.11. The fraction of sp³-hybridized carbons (Fsp3) is 0.462. The molecular weight excluding hydrogens is 364 g/mol. The largest absolute Gasteiger partial charge is 0.488 e. The first-order valence-corrected chi connectivity index (χ1v) is 7.09. The van der Waals surface area contributed by atoms with Crippen LogP contribution < -0.4 is 4.74 Å². The van der Waals surface area contributed by atoms with Gasteiger partial charge in [0, 0.05) is 5.56 Å². The number of hydrogen-bond acceptors (Lipinski definition) is 3. The predicted octanol–water partition coefficient (Wildman–Crippen LogP) is 3.81. The molecule has 0 spiro atoms. The Kier molecular flexibility index (Phi) is 5.37. The highest BCUT2D eigenvalue weighted by Gasteiger charge is 2.23. The van der Waals surface area contributed by atoms with E-state index in [9.17, 15) is 9.90 Å². The molecule has 3 nitrogen and oxygen atoms in total. The lowest BCUT2D eigenvalue weighted by atomic mass is 9.90. The second-order valence-corrected chi connectivity index (χ2v) is 6.83. The van der Waals surface area contributed by atoms with Crippen LogP contribution in [0.15, 0.2) is 21.1 Å². The monoisotopic (exact) mass is 378 g/mol. The first-order valence-electron chi connectivity index (χ1n) is 5.50. The molecule has 1 N–H and O–H groups in total. The lowest BCUT2D eigenvalue weighted by Crippen LogP contribution is -2.32. The molecule has 0 amide bonds. The van der Waals surface area contributed by atoms with Crippen LogP contribution in [0, 0.1) is 5.41 Å². The number of aliphatic hydroxyl groups is 1. The summed E-state index contributed by atoms with van der Waals surface area (Å²) >= 11 is 6.69. The lowest BCUT2D eigenvalue weighted by molar-refractivity contribution is 0.0214. The minimum atomic E-state index is -0.568. The average Bonchev–Trinajstić information content (AvgIpc) is 2.25. The van der Waals surface area contributed by atoms with Gasteiger partial charge < -0.3 is 9.84 Å². The average molecular weight is 380 g/mol. The van der Waals surface area contributed by atoms with E-state index in [0.717, 1.165) is 6.29 Å². The van der Waals surface area contributed by atoms with E-state index in [4.69, 9.17) is 4.74 Å². The molecule has 0 saturated carbocycles. The number of benzene rings is 1. The Morgan fingerprint density at radius 2 is 1.83 bits per heavy atom. The topological polar surface area (TPSA) is 46.5 Å². The van der Waals surface area contributed by atoms with Crippen molar-refractivity contribution in [3.63, 3.8) is 0 Å².